The molecule has 1 aromatic carbocycles. The van der Waals surface area contributed by atoms with E-state index in [0.717, 1.165) is 5.56 Å². The van der Waals surface area contributed by atoms with Gasteiger partial charge < -0.3 is 4.74 Å². The standard InChI is InChI=1S/C11H8ClF2N2O/c12-9-2-1-7(3-8-5-15-16-6-8)4-10(9)17-11(13)14/h1-6,11H,(H,15,16). The van der Waals surface area contributed by atoms with Crippen molar-refractivity contribution in [3.05, 3.63) is 53.2 Å². The molecule has 0 unspecified atom stereocenters. The van der Waals surface area contributed by atoms with E-state index >= 15 is 0 Å². The molecule has 2 aromatic rings. The number of aromatic amines is 1. The number of rotatable bonds is 4. The zero-order chi connectivity index (χ0) is 12.3. The summed E-state index contributed by atoms with van der Waals surface area (Å²) in [5.41, 5.74) is 1.53. The largest absolute Gasteiger partial charge is 0.433 e. The SMILES string of the molecule is FC(F)Oc1cc([CH]c2cn[nH]c2)ccc1Cl. The minimum absolute atomic E-state index is 0.0427. The first kappa shape index (κ1) is 11.9. The summed E-state index contributed by atoms with van der Waals surface area (Å²) in [7, 11) is 0. The number of benzene rings is 1. The topological polar surface area (TPSA) is 37.9 Å². The van der Waals surface area contributed by atoms with E-state index < -0.39 is 6.61 Å². The van der Waals surface area contributed by atoms with Gasteiger partial charge in [0.1, 0.15) is 5.75 Å². The summed E-state index contributed by atoms with van der Waals surface area (Å²) in [6, 6.07) is 4.65. The summed E-state index contributed by atoms with van der Waals surface area (Å²) in [6.45, 7) is -2.89. The first-order valence-electron chi connectivity index (χ1n) is 4.73. The quantitative estimate of drug-likeness (QED) is 0.913. The number of nitrogens with one attached hydrogen (secondary N) is 1. The summed E-state index contributed by atoms with van der Waals surface area (Å²) in [6.07, 6.45) is 5.06. The number of aromatic nitrogens is 2. The van der Waals surface area contributed by atoms with Crippen molar-refractivity contribution in [2.75, 3.05) is 0 Å². The molecule has 0 aliphatic carbocycles. The van der Waals surface area contributed by atoms with Crippen LogP contribution < -0.4 is 4.74 Å². The van der Waals surface area contributed by atoms with Crippen LogP contribution in [0.4, 0.5) is 8.78 Å². The molecule has 0 amide bonds. The second-order valence-corrected chi connectivity index (χ2v) is 3.65. The van der Waals surface area contributed by atoms with Gasteiger partial charge in [0.25, 0.3) is 0 Å². The number of H-pyrrole nitrogens is 1. The van der Waals surface area contributed by atoms with Gasteiger partial charge in [-0.25, -0.2) is 0 Å². The van der Waals surface area contributed by atoms with Crippen molar-refractivity contribution < 1.29 is 13.5 Å². The van der Waals surface area contributed by atoms with E-state index in [-0.39, 0.29) is 10.8 Å². The lowest BCUT2D eigenvalue weighted by atomic mass is 10.1. The summed E-state index contributed by atoms with van der Waals surface area (Å²) >= 11 is 5.73. The summed E-state index contributed by atoms with van der Waals surface area (Å²) in [4.78, 5) is 0. The Hall–Kier alpha value is -1.62. The van der Waals surface area contributed by atoms with Gasteiger partial charge in [-0.3, -0.25) is 5.10 Å². The molecular formula is C11H8ClF2N2O. The smallest absolute Gasteiger partial charge is 0.387 e. The Morgan fingerprint density at radius 3 is 2.82 bits per heavy atom. The predicted octanol–water partition coefficient (Wildman–Crippen LogP) is 3.27. The molecule has 1 radical (unpaired) electrons. The molecule has 1 aromatic heterocycles. The lowest BCUT2D eigenvalue weighted by Crippen LogP contribution is -2.02. The minimum Gasteiger partial charge on any atom is -0.433 e. The third-order valence-corrected chi connectivity index (χ3v) is 2.34. The van der Waals surface area contributed by atoms with Gasteiger partial charge in [-0.05, 0) is 23.3 Å². The maximum atomic E-state index is 12.1. The molecule has 17 heavy (non-hydrogen) atoms. The van der Waals surface area contributed by atoms with E-state index in [9.17, 15) is 8.78 Å². The molecule has 0 aliphatic heterocycles. The van der Waals surface area contributed by atoms with Crippen LogP contribution >= 0.6 is 11.6 Å². The summed E-state index contributed by atoms with van der Waals surface area (Å²) in [5.74, 6) is -0.0427. The van der Waals surface area contributed by atoms with Crippen molar-refractivity contribution in [1.29, 1.82) is 0 Å². The number of ether oxygens (including phenoxy) is 1. The van der Waals surface area contributed by atoms with Crippen LogP contribution in [0.25, 0.3) is 0 Å². The average Bonchev–Trinajstić information content (AvgIpc) is 2.75. The van der Waals surface area contributed by atoms with E-state index in [1.165, 1.54) is 12.1 Å². The maximum Gasteiger partial charge on any atom is 0.387 e. The number of hydrogen-bond acceptors (Lipinski definition) is 2. The van der Waals surface area contributed by atoms with Crippen molar-refractivity contribution in [2.24, 2.45) is 0 Å². The highest BCUT2D eigenvalue weighted by atomic mass is 35.5. The van der Waals surface area contributed by atoms with Crippen molar-refractivity contribution in [3.8, 4) is 5.75 Å². The first-order valence-corrected chi connectivity index (χ1v) is 5.11. The van der Waals surface area contributed by atoms with E-state index in [2.05, 4.69) is 14.9 Å². The van der Waals surface area contributed by atoms with E-state index in [4.69, 9.17) is 11.6 Å². The zero-order valence-corrected chi connectivity index (χ0v) is 9.29. The lowest BCUT2D eigenvalue weighted by molar-refractivity contribution is -0.0498. The maximum absolute atomic E-state index is 12.1. The van der Waals surface area contributed by atoms with Crippen molar-refractivity contribution in [2.45, 2.75) is 6.61 Å². The van der Waals surface area contributed by atoms with E-state index in [1.54, 1.807) is 24.9 Å². The van der Waals surface area contributed by atoms with Crippen LogP contribution in [0.15, 0.2) is 30.6 Å². The second-order valence-electron chi connectivity index (χ2n) is 3.24. The number of hydrogen-bond donors (Lipinski definition) is 1. The number of halogens is 3. The minimum atomic E-state index is -2.89. The van der Waals surface area contributed by atoms with Crippen LogP contribution in [0.3, 0.4) is 0 Å². The van der Waals surface area contributed by atoms with Crippen molar-refractivity contribution in [3.63, 3.8) is 0 Å². The Kier molecular flexibility index (Phi) is 3.58. The molecule has 6 heteroatoms. The monoisotopic (exact) mass is 257 g/mol. The average molecular weight is 258 g/mol. The van der Waals surface area contributed by atoms with Crippen LogP contribution in [0.1, 0.15) is 11.1 Å². The molecule has 0 atom stereocenters. The fourth-order valence-corrected chi connectivity index (χ4v) is 1.49. The third kappa shape index (κ3) is 3.17. The number of alkyl halides is 2. The van der Waals surface area contributed by atoms with Crippen molar-refractivity contribution >= 4 is 11.6 Å². The lowest BCUT2D eigenvalue weighted by Gasteiger charge is -2.08. The van der Waals surface area contributed by atoms with Gasteiger partial charge in [0.15, 0.2) is 0 Å². The fourth-order valence-electron chi connectivity index (χ4n) is 1.33. The molecule has 0 saturated carbocycles. The first-order chi connectivity index (χ1) is 8.15. The highest BCUT2D eigenvalue weighted by Crippen LogP contribution is 2.28. The van der Waals surface area contributed by atoms with Crippen LogP contribution in [-0.2, 0) is 0 Å². The Labute approximate surface area is 101 Å². The Bertz CT molecular complexity index is 488. The molecule has 0 spiro atoms. The van der Waals surface area contributed by atoms with Gasteiger partial charge in [0.2, 0.25) is 0 Å². The van der Waals surface area contributed by atoms with Crippen LogP contribution in [0.2, 0.25) is 5.02 Å². The molecule has 0 aliphatic rings. The molecule has 1 heterocycles. The van der Waals surface area contributed by atoms with Crippen LogP contribution in [0.5, 0.6) is 5.75 Å². The Morgan fingerprint density at radius 1 is 1.35 bits per heavy atom. The normalized spacial score (nSPS) is 10.8. The molecule has 3 nitrogen and oxygen atoms in total. The molecule has 0 bridgehead atoms. The predicted molar refractivity (Wildman–Crippen MR) is 59.2 cm³/mol. The Morgan fingerprint density at radius 2 is 2.18 bits per heavy atom. The van der Waals surface area contributed by atoms with E-state index in [0.29, 0.717) is 5.56 Å². The zero-order valence-electron chi connectivity index (χ0n) is 8.53. The summed E-state index contributed by atoms with van der Waals surface area (Å²) < 4.78 is 28.5. The molecule has 89 valence electrons. The molecular weight excluding hydrogens is 250 g/mol. The van der Waals surface area contributed by atoms with Gasteiger partial charge in [0, 0.05) is 12.6 Å². The number of nitrogens with zero attached hydrogens (tertiary/aromatic N) is 1. The third-order valence-electron chi connectivity index (χ3n) is 2.02. The molecule has 1 N–H and O–H groups in total. The van der Waals surface area contributed by atoms with Gasteiger partial charge in [-0.1, -0.05) is 17.7 Å². The van der Waals surface area contributed by atoms with E-state index in [1.807, 2.05) is 0 Å². The van der Waals surface area contributed by atoms with Crippen LogP contribution in [0, 0.1) is 6.42 Å². The highest BCUT2D eigenvalue weighted by molar-refractivity contribution is 6.32. The molecule has 2 rings (SSSR count). The van der Waals surface area contributed by atoms with Crippen molar-refractivity contribution in [1.82, 2.24) is 10.2 Å². The van der Waals surface area contributed by atoms with Gasteiger partial charge in [-0.15, -0.1) is 0 Å². The summed E-state index contributed by atoms with van der Waals surface area (Å²) in [5, 5.41) is 6.57. The Balaban J connectivity index is 2.18. The second kappa shape index (κ2) is 5.14. The molecule has 0 saturated heterocycles. The fraction of sp³-hybridized carbons (Fsp3) is 0.0909. The van der Waals surface area contributed by atoms with Gasteiger partial charge in [-0.2, -0.15) is 13.9 Å². The highest BCUT2D eigenvalue weighted by Gasteiger charge is 2.09. The van der Waals surface area contributed by atoms with Gasteiger partial charge in [0.05, 0.1) is 11.2 Å². The molecule has 0 fully saturated rings. The van der Waals surface area contributed by atoms with Gasteiger partial charge >= 0.3 is 6.61 Å². The van der Waals surface area contributed by atoms with Crippen LogP contribution in [-0.4, -0.2) is 16.8 Å².